The van der Waals surface area contributed by atoms with Crippen molar-refractivity contribution < 1.29 is 14.6 Å². The van der Waals surface area contributed by atoms with E-state index in [2.05, 4.69) is 20.2 Å². The molecule has 0 bridgehead atoms. The Kier molecular flexibility index (Phi) is 4.48. The van der Waals surface area contributed by atoms with Gasteiger partial charge in [-0.25, -0.2) is 14.8 Å². The van der Waals surface area contributed by atoms with Gasteiger partial charge in [-0.1, -0.05) is 0 Å². The monoisotopic (exact) mass is 331 g/mol. The van der Waals surface area contributed by atoms with E-state index in [-0.39, 0.29) is 11.6 Å². The number of nitrogens with one attached hydrogen (secondary N) is 1. The summed E-state index contributed by atoms with van der Waals surface area (Å²) < 4.78 is 4.72. The zero-order valence-corrected chi connectivity index (χ0v) is 14.0. The fourth-order valence-corrected chi connectivity index (χ4v) is 2.97. The number of aromatic amines is 1. The van der Waals surface area contributed by atoms with Crippen molar-refractivity contribution in [2.75, 3.05) is 25.1 Å². The smallest absolute Gasteiger partial charge is 0.356 e. The van der Waals surface area contributed by atoms with E-state index in [1.807, 2.05) is 17.9 Å². The highest BCUT2D eigenvalue weighted by atomic mass is 16.5. The first kappa shape index (κ1) is 16.4. The summed E-state index contributed by atoms with van der Waals surface area (Å²) in [5, 5.41) is 17.5. The van der Waals surface area contributed by atoms with Crippen molar-refractivity contribution in [3.05, 3.63) is 34.9 Å². The third-order valence-electron chi connectivity index (χ3n) is 4.16. The number of anilines is 1. The molecule has 0 spiro atoms. The average molecular weight is 331 g/mol. The van der Waals surface area contributed by atoms with Crippen LogP contribution in [0.3, 0.4) is 0 Å². The Morgan fingerprint density at radius 3 is 2.83 bits per heavy atom. The van der Waals surface area contributed by atoms with Crippen LogP contribution in [0.25, 0.3) is 0 Å². The summed E-state index contributed by atoms with van der Waals surface area (Å²) >= 11 is 0. The van der Waals surface area contributed by atoms with E-state index in [4.69, 9.17) is 4.74 Å². The number of aryl methyl sites for hydroxylation is 2. The van der Waals surface area contributed by atoms with Crippen molar-refractivity contribution in [2.45, 2.75) is 26.4 Å². The molecule has 0 amide bonds. The summed E-state index contributed by atoms with van der Waals surface area (Å²) in [6.45, 7) is 4.78. The number of ether oxygens (including phenoxy) is 1. The number of H-pyrrole nitrogens is 1. The zero-order chi connectivity index (χ0) is 17.3. The summed E-state index contributed by atoms with van der Waals surface area (Å²) in [5.74, 6) is -0.0152. The van der Waals surface area contributed by atoms with Gasteiger partial charge in [0.25, 0.3) is 0 Å². The lowest BCUT2D eigenvalue weighted by molar-refractivity contribution is 0.0593. The predicted octanol–water partition coefficient (Wildman–Crippen LogP) is 0.643. The summed E-state index contributed by atoms with van der Waals surface area (Å²) in [7, 11) is 1.32. The first-order chi connectivity index (χ1) is 11.5. The minimum atomic E-state index is -0.495. The molecule has 0 unspecified atom stereocenters. The molecule has 8 heteroatoms. The number of hydrogen-bond donors (Lipinski definition) is 2. The normalized spacial score (nSPS) is 20.4. The molecule has 24 heavy (non-hydrogen) atoms. The minimum Gasteiger partial charge on any atom is -0.464 e. The molecule has 2 aromatic rings. The molecule has 0 saturated carbocycles. The van der Waals surface area contributed by atoms with Crippen LogP contribution < -0.4 is 4.90 Å². The maximum absolute atomic E-state index is 11.7. The van der Waals surface area contributed by atoms with Crippen LogP contribution in [0.15, 0.2) is 12.1 Å². The predicted molar refractivity (Wildman–Crippen MR) is 86.8 cm³/mol. The van der Waals surface area contributed by atoms with Gasteiger partial charge in [0.1, 0.15) is 0 Å². The van der Waals surface area contributed by atoms with Crippen LogP contribution in [-0.2, 0) is 11.2 Å². The third-order valence-corrected chi connectivity index (χ3v) is 4.16. The van der Waals surface area contributed by atoms with Gasteiger partial charge >= 0.3 is 5.97 Å². The molecule has 0 aliphatic carbocycles. The van der Waals surface area contributed by atoms with Crippen molar-refractivity contribution in [3.63, 3.8) is 0 Å². The van der Waals surface area contributed by atoms with Gasteiger partial charge in [0, 0.05) is 30.4 Å². The van der Waals surface area contributed by atoms with Crippen LogP contribution in [0.1, 0.15) is 27.6 Å². The van der Waals surface area contributed by atoms with Crippen LogP contribution in [0, 0.1) is 19.8 Å². The summed E-state index contributed by atoms with van der Waals surface area (Å²) in [5.41, 5.74) is 2.83. The van der Waals surface area contributed by atoms with Gasteiger partial charge in [0.15, 0.2) is 5.69 Å². The number of aromatic nitrogens is 4. The molecule has 128 valence electrons. The van der Waals surface area contributed by atoms with E-state index in [0.717, 1.165) is 11.4 Å². The first-order valence-corrected chi connectivity index (χ1v) is 7.84. The SMILES string of the molecule is COC(=O)c1cc(C)nc(N2C[C@@H](Cc3cc(C)[nH]n3)[C@H](O)C2)n1. The number of methoxy groups -OCH3 is 1. The Morgan fingerprint density at radius 2 is 2.17 bits per heavy atom. The number of aliphatic hydroxyl groups excluding tert-OH is 1. The fourth-order valence-electron chi connectivity index (χ4n) is 2.97. The Labute approximate surface area is 139 Å². The molecule has 2 atom stereocenters. The number of nitrogens with zero attached hydrogens (tertiary/aromatic N) is 4. The van der Waals surface area contributed by atoms with E-state index in [1.54, 1.807) is 13.0 Å². The highest BCUT2D eigenvalue weighted by Crippen LogP contribution is 2.24. The first-order valence-electron chi connectivity index (χ1n) is 7.84. The van der Waals surface area contributed by atoms with E-state index < -0.39 is 12.1 Å². The quantitative estimate of drug-likeness (QED) is 0.792. The highest BCUT2D eigenvalue weighted by molar-refractivity contribution is 5.87. The molecule has 2 N–H and O–H groups in total. The average Bonchev–Trinajstić information content (AvgIpc) is 3.12. The van der Waals surface area contributed by atoms with Crippen LogP contribution in [-0.4, -0.2) is 57.5 Å². The zero-order valence-electron chi connectivity index (χ0n) is 14.0. The number of carbonyl (C=O) groups excluding carboxylic acids is 1. The lowest BCUT2D eigenvalue weighted by Crippen LogP contribution is -2.24. The van der Waals surface area contributed by atoms with Gasteiger partial charge < -0.3 is 14.7 Å². The van der Waals surface area contributed by atoms with Crippen LogP contribution in [0.5, 0.6) is 0 Å². The van der Waals surface area contributed by atoms with E-state index in [1.165, 1.54) is 7.11 Å². The molecule has 8 nitrogen and oxygen atoms in total. The van der Waals surface area contributed by atoms with Gasteiger partial charge in [0.05, 0.1) is 18.9 Å². The van der Waals surface area contributed by atoms with E-state index >= 15 is 0 Å². The molecular formula is C16H21N5O3. The second-order valence-corrected chi connectivity index (χ2v) is 6.16. The van der Waals surface area contributed by atoms with Crippen molar-refractivity contribution >= 4 is 11.9 Å². The van der Waals surface area contributed by atoms with E-state index in [0.29, 0.717) is 31.2 Å². The van der Waals surface area contributed by atoms with Gasteiger partial charge in [-0.3, -0.25) is 5.10 Å². The summed E-state index contributed by atoms with van der Waals surface area (Å²) in [6.07, 6.45) is 0.185. The fraction of sp³-hybridized carbons (Fsp3) is 0.500. The topological polar surface area (TPSA) is 104 Å². The van der Waals surface area contributed by atoms with Gasteiger partial charge in [-0.2, -0.15) is 5.10 Å². The molecule has 2 aromatic heterocycles. The molecule has 1 aliphatic rings. The van der Waals surface area contributed by atoms with Crippen LogP contribution >= 0.6 is 0 Å². The summed E-state index contributed by atoms with van der Waals surface area (Å²) in [4.78, 5) is 22.3. The molecular weight excluding hydrogens is 310 g/mol. The van der Waals surface area contributed by atoms with Crippen LogP contribution in [0.4, 0.5) is 5.95 Å². The lowest BCUT2D eigenvalue weighted by Gasteiger charge is -2.16. The largest absolute Gasteiger partial charge is 0.464 e. The number of hydrogen-bond acceptors (Lipinski definition) is 7. The Morgan fingerprint density at radius 1 is 1.38 bits per heavy atom. The van der Waals surface area contributed by atoms with Gasteiger partial charge in [-0.05, 0) is 32.4 Å². The number of aliphatic hydroxyl groups is 1. The van der Waals surface area contributed by atoms with Crippen molar-refractivity contribution in [1.82, 2.24) is 20.2 Å². The second kappa shape index (κ2) is 6.56. The van der Waals surface area contributed by atoms with Crippen LogP contribution in [0.2, 0.25) is 0 Å². The van der Waals surface area contributed by atoms with Crippen molar-refractivity contribution in [2.24, 2.45) is 5.92 Å². The molecule has 3 rings (SSSR count). The van der Waals surface area contributed by atoms with Crippen molar-refractivity contribution in [1.29, 1.82) is 0 Å². The Hall–Kier alpha value is -2.48. The lowest BCUT2D eigenvalue weighted by atomic mass is 10.0. The van der Waals surface area contributed by atoms with Gasteiger partial charge in [0.2, 0.25) is 5.95 Å². The second-order valence-electron chi connectivity index (χ2n) is 6.16. The van der Waals surface area contributed by atoms with Gasteiger partial charge in [-0.15, -0.1) is 0 Å². The molecule has 0 radical (unpaired) electrons. The highest BCUT2D eigenvalue weighted by Gasteiger charge is 2.33. The Bertz CT molecular complexity index is 745. The number of esters is 1. The Balaban J connectivity index is 1.76. The molecule has 3 heterocycles. The summed E-state index contributed by atoms with van der Waals surface area (Å²) in [6, 6.07) is 3.57. The molecule has 1 saturated heterocycles. The molecule has 1 aliphatic heterocycles. The molecule has 1 fully saturated rings. The maximum Gasteiger partial charge on any atom is 0.356 e. The number of β-amino-alcohol motifs (C(OH)–C–C–N with tert-alkyl or cyclic N) is 1. The van der Waals surface area contributed by atoms with E-state index in [9.17, 15) is 9.90 Å². The maximum atomic E-state index is 11.7. The standard InChI is InChI=1S/C16H21N5O3/c1-9-5-13(15(23)24-3)18-16(17-9)21-7-11(14(22)8-21)6-12-4-10(2)19-20-12/h4-5,11,14,22H,6-8H2,1-3H3,(H,19,20)/t11-,14-/m1/s1. The third kappa shape index (κ3) is 3.38. The minimum absolute atomic E-state index is 0.0402. The van der Waals surface area contributed by atoms with Crippen molar-refractivity contribution in [3.8, 4) is 0 Å². The number of rotatable bonds is 4. The molecule has 0 aromatic carbocycles. The number of carbonyl (C=O) groups is 1.